The molecule has 1 aliphatic rings. The molecule has 1 saturated heterocycles. The second kappa shape index (κ2) is 7.38. The van der Waals surface area contributed by atoms with Crippen LogP contribution in [0.25, 0.3) is 0 Å². The third-order valence-corrected chi connectivity index (χ3v) is 4.74. The molecule has 0 spiro atoms. The molecule has 1 fully saturated rings. The fraction of sp³-hybridized carbons (Fsp3) is 0.250. The third-order valence-electron chi connectivity index (χ3n) is 4.74. The minimum absolute atomic E-state index is 0.0214. The number of amides is 2. The zero-order valence-corrected chi connectivity index (χ0v) is 15.0. The lowest BCUT2D eigenvalue weighted by Gasteiger charge is -2.18. The number of hydrogen-bond donors (Lipinski definition) is 2. The largest absolute Gasteiger partial charge is 0.479 e. The molecule has 0 radical (unpaired) electrons. The van der Waals surface area contributed by atoms with Crippen molar-refractivity contribution in [2.45, 2.75) is 19.0 Å². The number of hydrogen-bond acceptors (Lipinski definition) is 3. The Morgan fingerprint density at radius 1 is 1.18 bits per heavy atom. The number of carboxylic acid groups (broad SMARTS) is 1. The highest BCUT2D eigenvalue weighted by Gasteiger charge is 2.47. The van der Waals surface area contributed by atoms with Crippen LogP contribution in [0.15, 0.2) is 42.5 Å². The molecule has 146 valence electrons. The highest BCUT2D eigenvalue weighted by atomic mass is 19.1. The number of aryl methyl sites for hydroxylation is 1. The fourth-order valence-electron chi connectivity index (χ4n) is 3.03. The summed E-state index contributed by atoms with van der Waals surface area (Å²) in [5, 5.41) is 11.5. The first-order valence-corrected chi connectivity index (χ1v) is 8.59. The minimum atomic E-state index is -2.46. The van der Waals surface area contributed by atoms with Gasteiger partial charge in [0.05, 0.1) is 12.1 Å². The number of rotatable bonds is 4. The van der Waals surface area contributed by atoms with Gasteiger partial charge in [-0.25, -0.2) is 13.6 Å². The smallest absolute Gasteiger partial charge is 0.343 e. The number of nitrogens with one attached hydrogen (secondary N) is 1. The van der Waals surface area contributed by atoms with Crippen LogP contribution in [-0.4, -0.2) is 46.5 Å². The molecule has 0 aromatic heterocycles. The van der Waals surface area contributed by atoms with Gasteiger partial charge in [0.25, 0.3) is 11.8 Å². The Morgan fingerprint density at radius 3 is 2.54 bits per heavy atom. The third kappa shape index (κ3) is 3.71. The van der Waals surface area contributed by atoms with Crippen LogP contribution < -0.4 is 5.32 Å². The maximum atomic E-state index is 14.2. The molecule has 2 aromatic rings. The van der Waals surface area contributed by atoms with Crippen molar-refractivity contribution in [3.63, 3.8) is 0 Å². The van der Waals surface area contributed by atoms with Crippen LogP contribution >= 0.6 is 0 Å². The summed E-state index contributed by atoms with van der Waals surface area (Å²) in [6.07, 6.45) is -0.281. The predicted molar refractivity (Wildman–Crippen MR) is 97.5 cm³/mol. The molecule has 3 rings (SSSR count). The Balaban J connectivity index is 1.80. The van der Waals surface area contributed by atoms with E-state index in [-0.39, 0.29) is 24.1 Å². The molecule has 8 heteroatoms. The van der Waals surface area contributed by atoms with Crippen molar-refractivity contribution in [2.75, 3.05) is 18.4 Å². The number of benzene rings is 2. The van der Waals surface area contributed by atoms with E-state index in [0.717, 1.165) is 4.90 Å². The van der Waals surface area contributed by atoms with Crippen LogP contribution in [-0.2, 0) is 4.79 Å². The first kappa shape index (κ1) is 19.5. The molecule has 2 N–H and O–H groups in total. The second-order valence-corrected chi connectivity index (χ2v) is 6.71. The van der Waals surface area contributed by atoms with Gasteiger partial charge in [-0.05, 0) is 36.8 Å². The van der Waals surface area contributed by atoms with Gasteiger partial charge < -0.3 is 15.3 Å². The van der Waals surface area contributed by atoms with Crippen LogP contribution in [0.3, 0.4) is 0 Å². The van der Waals surface area contributed by atoms with E-state index in [2.05, 4.69) is 5.32 Å². The normalized spacial score (nSPS) is 18.8. The lowest BCUT2D eigenvalue weighted by molar-refractivity contribution is -0.149. The van der Waals surface area contributed by atoms with Crippen molar-refractivity contribution < 1.29 is 28.3 Å². The SMILES string of the molecule is Cc1ccc(C(=O)N2CCC(F)(C(=O)O)C2)cc1NC(=O)c1ccccc1F. The van der Waals surface area contributed by atoms with Gasteiger partial charge in [-0.15, -0.1) is 0 Å². The summed E-state index contributed by atoms with van der Waals surface area (Å²) in [5.41, 5.74) is -1.47. The molecule has 0 aliphatic carbocycles. The van der Waals surface area contributed by atoms with E-state index < -0.39 is 35.8 Å². The van der Waals surface area contributed by atoms with E-state index in [1.165, 1.54) is 36.4 Å². The molecule has 6 nitrogen and oxygen atoms in total. The Bertz CT molecular complexity index is 963. The van der Waals surface area contributed by atoms with Gasteiger partial charge in [-0.2, -0.15) is 0 Å². The Labute approximate surface area is 159 Å². The van der Waals surface area contributed by atoms with Gasteiger partial charge in [-0.1, -0.05) is 18.2 Å². The number of carbonyl (C=O) groups excluding carboxylic acids is 2. The number of halogens is 2. The highest BCUT2D eigenvalue weighted by molar-refractivity contribution is 6.05. The van der Waals surface area contributed by atoms with E-state index in [1.54, 1.807) is 13.0 Å². The standard InChI is InChI=1S/C20H18F2N2O4/c1-12-6-7-13(18(26)24-9-8-20(22,11-24)19(27)28)10-16(12)23-17(25)14-4-2-3-5-15(14)21/h2-7,10H,8-9,11H2,1H3,(H,23,25)(H,27,28). The average molecular weight is 388 g/mol. The maximum Gasteiger partial charge on any atom is 0.343 e. The molecule has 2 aromatic carbocycles. The van der Waals surface area contributed by atoms with Crippen molar-refractivity contribution in [1.29, 1.82) is 0 Å². The van der Waals surface area contributed by atoms with E-state index in [4.69, 9.17) is 5.11 Å². The van der Waals surface area contributed by atoms with Gasteiger partial charge in [0.15, 0.2) is 0 Å². The summed E-state index contributed by atoms with van der Waals surface area (Å²) >= 11 is 0. The highest BCUT2D eigenvalue weighted by Crippen LogP contribution is 2.28. The monoisotopic (exact) mass is 388 g/mol. The van der Waals surface area contributed by atoms with Crippen molar-refractivity contribution in [3.8, 4) is 0 Å². The summed E-state index contributed by atoms with van der Waals surface area (Å²) in [7, 11) is 0. The zero-order valence-electron chi connectivity index (χ0n) is 15.0. The summed E-state index contributed by atoms with van der Waals surface area (Å²) in [4.78, 5) is 37.1. The van der Waals surface area contributed by atoms with Crippen molar-refractivity contribution in [2.24, 2.45) is 0 Å². The first-order valence-electron chi connectivity index (χ1n) is 8.59. The minimum Gasteiger partial charge on any atom is -0.479 e. The first-order chi connectivity index (χ1) is 13.2. The molecular formula is C20H18F2N2O4. The van der Waals surface area contributed by atoms with Crippen LogP contribution in [0.2, 0.25) is 0 Å². The molecule has 0 bridgehead atoms. The quantitative estimate of drug-likeness (QED) is 0.843. The second-order valence-electron chi connectivity index (χ2n) is 6.71. The molecule has 2 amide bonds. The lowest BCUT2D eigenvalue weighted by atomic mass is 10.1. The van der Waals surface area contributed by atoms with E-state index in [9.17, 15) is 23.2 Å². The molecule has 1 heterocycles. The topological polar surface area (TPSA) is 86.7 Å². The summed E-state index contributed by atoms with van der Waals surface area (Å²) in [6.45, 7) is 1.15. The molecule has 1 aliphatic heterocycles. The number of likely N-dealkylation sites (tertiary alicyclic amines) is 1. The maximum absolute atomic E-state index is 14.2. The summed E-state index contributed by atoms with van der Waals surface area (Å²) < 4.78 is 28.0. The Morgan fingerprint density at radius 2 is 1.89 bits per heavy atom. The van der Waals surface area contributed by atoms with Crippen molar-refractivity contribution in [3.05, 3.63) is 65.0 Å². The van der Waals surface area contributed by atoms with E-state index >= 15 is 0 Å². The van der Waals surface area contributed by atoms with Crippen LogP contribution in [0.5, 0.6) is 0 Å². The van der Waals surface area contributed by atoms with Gasteiger partial charge in [0.1, 0.15) is 5.82 Å². The predicted octanol–water partition coefficient (Wildman–Crippen LogP) is 3.03. The lowest BCUT2D eigenvalue weighted by Crippen LogP contribution is -2.38. The van der Waals surface area contributed by atoms with Crippen LogP contribution in [0.4, 0.5) is 14.5 Å². The van der Waals surface area contributed by atoms with Crippen molar-refractivity contribution in [1.82, 2.24) is 4.90 Å². The molecule has 28 heavy (non-hydrogen) atoms. The number of aliphatic carboxylic acids is 1. The van der Waals surface area contributed by atoms with Gasteiger partial charge in [0, 0.05) is 24.2 Å². The molecular weight excluding hydrogens is 370 g/mol. The van der Waals surface area contributed by atoms with Gasteiger partial charge in [-0.3, -0.25) is 9.59 Å². The zero-order chi connectivity index (χ0) is 20.5. The van der Waals surface area contributed by atoms with E-state index in [0.29, 0.717) is 11.3 Å². The Hall–Kier alpha value is -3.29. The number of carboxylic acids is 1. The van der Waals surface area contributed by atoms with Crippen molar-refractivity contribution >= 4 is 23.5 Å². The van der Waals surface area contributed by atoms with Crippen LogP contribution in [0.1, 0.15) is 32.7 Å². The number of carbonyl (C=O) groups is 3. The number of alkyl halides is 1. The molecule has 1 unspecified atom stereocenters. The average Bonchev–Trinajstić information content (AvgIpc) is 3.07. The Kier molecular flexibility index (Phi) is 5.13. The fourth-order valence-corrected chi connectivity index (χ4v) is 3.03. The molecule has 1 atom stereocenters. The summed E-state index contributed by atoms with van der Waals surface area (Å²) in [5.74, 6) is -3.47. The number of anilines is 1. The number of nitrogens with zero attached hydrogens (tertiary/aromatic N) is 1. The molecule has 0 saturated carbocycles. The van der Waals surface area contributed by atoms with E-state index in [1.807, 2.05) is 0 Å². The van der Waals surface area contributed by atoms with Crippen LogP contribution in [0, 0.1) is 12.7 Å². The summed E-state index contributed by atoms with van der Waals surface area (Å²) in [6, 6.07) is 10.0. The van der Waals surface area contributed by atoms with Gasteiger partial charge in [0.2, 0.25) is 5.67 Å². The van der Waals surface area contributed by atoms with Gasteiger partial charge >= 0.3 is 5.97 Å².